The number of carboxylic acids is 2. The highest BCUT2D eigenvalue weighted by molar-refractivity contribution is 14.1. The minimum absolute atomic E-state index is 0. The molecule has 0 aromatic heterocycles. The van der Waals surface area contributed by atoms with Gasteiger partial charge in [0.05, 0.1) is 0 Å². The van der Waals surface area contributed by atoms with Gasteiger partial charge >= 0.3 is 11.9 Å². The Morgan fingerprint density at radius 2 is 1.39 bits per heavy atom. The monoisotopic (exact) mass is 894 g/mol. The lowest BCUT2D eigenvalue weighted by Crippen LogP contribution is -2.42. The zero-order chi connectivity index (χ0) is 31.3. The van der Waals surface area contributed by atoms with Gasteiger partial charge in [0.15, 0.2) is 16.2 Å². The number of nitrogens with two attached hydrogens (primary N) is 3. The van der Waals surface area contributed by atoms with Crippen LogP contribution in [-0.2, 0) is 9.59 Å². The Hall–Kier alpha value is -0.940. The maximum Gasteiger partial charge on any atom is 0.320 e. The van der Waals surface area contributed by atoms with E-state index in [2.05, 4.69) is 59.2 Å². The van der Waals surface area contributed by atoms with E-state index in [1.165, 1.54) is 12.8 Å². The van der Waals surface area contributed by atoms with Crippen LogP contribution in [0.2, 0.25) is 0 Å². The van der Waals surface area contributed by atoms with E-state index in [9.17, 15) is 9.59 Å². The third-order valence-corrected chi connectivity index (χ3v) is 6.17. The van der Waals surface area contributed by atoms with Crippen LogP contribution in [0.4, 0.5) is 0 Å². The lowest BCUT2D eigenvalue weighted by Gasteiger charge is -2.16. The molecule has 0 aliphatic carbocycles. The summed E-state index contributed by atoms with van der Waals surface area (Å²) in [5.74, 6) is -1.09. The number of aliphatic carboxylic acids is 2. The molecule has 1 saturated heterocycles. The first-order valence-electron chi connectivity index (χ1n) is 13.6. The van der Waals surface area contributed by atoms with Crippen molar-refractivity contribution in [2.75, 3.05) is 63.5 Å². The summed E-state index contributed by atoms with van der Waals surface area (Å²) in [5, 5.41) is 34.1. The molecule has 44 heavy (non-hydrogen) atoms. The molecule has 18 heteroatoms. The number of guanidine groups is 1. The molecule has 0 radical (unpaired) electrons. The molecule has 0 unspecified atom stereocenters. The number of carbonyl (C=O) groups is 2. The summed E-state index contributed by atoms with van der Waals surface area (Å²) in [7, 11) is 0. The zero-order valence-corrected chi connectivity index (χ0v) is 30.8. The molecule has 0 aromatic carbocycles. The summed E-state index contributed by atoms with van der Waals surface area (Å²) in [6.45, 7) is 7.17. The fourth-order valence-corrected chi connectivity index (χ4v) is 3.64. The van der Waals surface area contributed by atoms with Crippen molar-refractivity contribution in [3.8, 4) is 0 Å². The number of thiocarbonyl (C=S) groups is 1. The molecule has 1 fully saturated rings. The lowest BCUT2D eigenvalue weighted by molar-refractivity contribution is -0.139. The average Bonchev–Trinajstić information content (AvgIpc) is 3.01. The van der Waals surface area contributed by atoms with Gasteiger partial charge in [-0.1, -0.05) is 49.2 Å². The Balaban J connectivity index is -0.000000154. The maximum atomic E-state index is 10.4. The van der Waals surface area contributed by atoms with Gasteiger partial charge in [-0.05, 0) is 74.9 Å². The molecule has 14 nitrogen and oxygen atoms in total. The zero-order valence-electron chi connectivity index (χ0n) is 24.7. The quantitative estimate of drug-likeness (QED) is 0.0688. The molecule has 264 valence electrons. The summed E-state index contributed by atoms with van der Waals surface area (Å²) in [4.78, 5) is 30.9. The molecule has 3 rings (SSSR count). The summed E-state index contributed by atoms with van der Waals surface area (Å²) < 4.78 is 0. The second kappa shape index (κ2) is 38.2. The van der Waals surface area contributed by atoms with Gasteiger partial charge in [-0.2, -0.15) is 0 Å². The average molecular weight is 895 g/mol. The Kier molecular flexibility index (Phi) is 45.7. The van der Waals surface area contributed by atoms with Gasteiger partial charge in [0.2, 0.25) is 0 Å². The Morgan fingerprint density at radius 3 is 1.73 bits per heavy atom. The summed E-state index contributed by atoms with van der Waals surface area (Å²) >= 11 is 8.62. The van der Waals surface area contributed by atoms with Crippen LogP contribution in [0, 0.1) is 0 Å². The van der Waals surface area contributed by atoms with Crippen LogP contribution < -0.4 is 43.8 Å². The Bertz CT molecular complexity index is 764. The van der Waals surface area contributed by atoms with Crippen molar-refractivity contribution in [1.82, 2.24) is 26.6 Å². The predicted molar refractivity (Wildman–Crippen MR) is 212 cm³/mol. The van der Waals surface area contributed by atoms with Crippen LogP contribution in [0.1, 0.15) is 59.8 Å². The minimum atomic E-state index is -0.955. The fraction of sp³-hybridized carbons (Fsp3) is 0.808. The molecule has 0 saturated carbocycles. The van der Waals surface area contributed by atoms with E-state index in [-0.39, 0.29) is 38.8 Å². The van der Waals surface area contributed by atoms with Crippen LogP contribution in [0.3, 0.4) is 0 Å². The summed E-state index contributed by atoms with van der Waals surface area (Å²) in [6.07, 6.45) is 7.82. The molecule has 2 atom stereocenters. The van der Waals surface area contributed by atoms with Crippen LogP contribution in [-0.4, -0.2) is 114 Å². The molecule has 3 aliphatic heterocycles. The lowest BCUT2D eigenvalue weighted by atomic mass is 10.2. The van der Waals surface area contributed by atoms with Crippen LogP contribution in [0.15, 0.2) is 9.98 Å². The Morgan fingerprint density at radius 1 is 0.909 bits per heavy atom. The maximum absolute atomic E-state index is 10.4. The summed E-state index contributed by atoms with van der Waals surface area (Å²) in [6, 6.07) is -1.50. The topological polar surface area (TPSA) is 238 Å². The number of carboxylic acid groups (broad SMARTS) is 2. The van der Waals surface area contributed by atoms with Crippen molar-refractivity contribution in [1.29, 1.82) is 0 Å². The largest absolute Gasteiger partial charge is 0.480 e. The standard InChI is InChI=1S/C9H18N4O2.C5H12N2O2.C5H10N2S.C4H8N2S.CH3I.2CH4.HI/c10-7(8(14)15)3-1-4-11-9-12-5-2-6-13-9;6-3-1-2-4(7)5(8)9;1-8-5-6-3-2-4-7-5;7-4-5-2-1-3-6-4;1-2;;;/h7H,1-6,10H2,(H,14,15)(H2,11,12,13);4H,1-3,6-7H2,(H,8,9);2-4H2,1H3,(H,6,7);1-3H2,(H2,5,6,7);1H3;2*1H4;1H/t7-;4-;;;;;;/m11....../s1. The van der Waals surface area contributed by atoms with E-state index in [0.29, 0.717) is 32.4 Å². The van der Waals surface area contributed by atoms with Crippen molar-refractivity contribution in [2.24, 2.45) is 27.2 Å². The number of halogens is 2. The molecule has 3 aliphatic rings. The summed E-state index contributed by atoms with van der Waals surface area (Å²) in [5.41, 5.74) is 15.6. The number of rotatable bonds is 9. The van der Waals surface area contributed by atoms with E-state index >= 15 is 0 Å². The SMILES string of the molecule is C.C.CI.CSC1=NCCCN1.I.NCCC[C@@H](N)C(=O)O.N[C@H](CCCNC1=NCCCN1)C(=O)O.S=C1NCCCN1. The normalized spacial score (nSPS) is 15.5. The van der Waals surface area contributed by atoms with Gasteiger partial charge < -0.3 is 54.0 Å². The number of thioether (sulfide) groups is 1. The smallest absolute Gasteiger partial charge is 0.320 e. The highest BCUT2D eigenvalue weighted by atomic mass is 127. The van der Waals surface area contributed by atoms with Crippen LogP contribution >= 0.6 is 70.5 Å². The second-order valence-corrected chi connectivity index (χ2v) is 9.81. The number of amidine groups is 1. The molecule has 0 amide bonds. The molecule has 0 aromatic rings. The van der Waals surface area contributed by atoms with E-state index < -0.39 is 24.0 Å². The first-order valence-corrected chi connectivity index (χ1v) is 17.4. The third kappa shape index (κ3) is 33.9. The van der Waals surface area contributed by atoms with E-state index in [1.807, 2.05) is 11.2 Å². The van der Waals surface area contributed by atoms with Gasteiger partial charge in [0.1, 0.15) is 12.1 Å². The number of hydrogen-bond donors (Lipinski definition) is 10. The van der Waals surface area contributed by atoms with Gasteiger partial charge in [-0.25, -0.2) is 0 Å². The number of nitrogens with one attached hydrogen (secondary N) is 5. The van der Waals surface area contributed by atoms with Crippen molar-refractivity contribution in [3.63, 3.8) is 0 Å². The third-order valence-electron chi connectivity index (χ3n) is 5.22. The molecular weight excluding hydrogens is 834 g/mol. The first kappa shape index (κ1) is 52.6. The number of alkyl halides is 1. The minimum Gasteiger partial charge on any atom is -0.480 e. The number of nitrogens with zero attached hydrogens (tertiary/aromatic N) is 2. The molecule has 13 N–H and O–H groups in total. The highest BCUT2D eigenvalue weighted by Gasteiger charge is 2.11. The van der Waals surface area contributed by atoms with Crippen molar-refractivity contribution in [3.05, 3.63) is 0 Å². The van der Waals surface area contributed by atoms with E-state index in [1.54, 1.807) is 11.8 Å². The highest BCUT2D eigenvalue weighted by Crippen LogP contribution is 1.99. The van der Waals surface area contributed by atoms with Gasteiger partial charge in [0.25, 0.3) is 0 Å². The van der Waals surface area contributed by atoms with Gasteiger partial charge in [0, 0.05) is 45.8 Å². The Labute approximate surface area is 305 Å². The first-order chi connectivity index (χ1) is 19.7. The van der Waals surface area contributed by atoms with Crippen LogP contribution in [0.25, 0.3) is 0 Å². The number of hydrogen-bond acceptors (Lipinski definition) is 12. The van der Waals surface area contributed by atoms with Crippen molar-refractivity contribution < 1.29 is 19.8 Å². The molecular formula is C26H60I2N10O4S2. The molecule has 0 bridgehead atoms. The van der Waals surface area contributed by atoms with Crippen LogP contribution in [0.5, 0.6) is 0 Å². The van der Waals surface area contributed by atoms with Gasteiger partial charge in [-0.3, -0.25) is 19.6 Å². The predicted octanol–water partition coefficient (Wildman–Crippen LogP) is 1.75. The molecule has 3 heterocycles. The second-order valence-electron chi connectivity index (χ2n) is 8.61. The fourth-order valence-electron chi connectivity index (χ4n) is 2.97. The van der Waals surface area contributed by atoms with Crippen molar-refractivity contribution >= 4 is 98.7 Å². The van der Waals surface area contributed by atoms with Crippen molar-refractivity contribution in [2.45, 2.75) is 71.9 Å². The molecule has 0 spiro atoms. The van der Waals surface area contributed by atoms with Gasteiger partial charge in [-0.15, -0.1) is 24.0 Å². The van der Waals surface area contributed by atoms with E-state index in [4.69, 9.17) is 39.6 Å². The number of aliphatic imine (C=N–C) groups is 2. The van der Waals surface area contributed by atoms with E-state index in [0.717, 1.165) is 68.3 Å².